The van der Waals surface area contributed by atoms with Gasteiger partial charge in [0.05, 0.1) is 16.5 Å². The predicted octanol–water partition coefficient (Wildman–Crippen LogP) is 3.91. The highest BCUT2D eigenvalue weighted by molar-refractivity contribution is 6.21. The maximum Gasteiger partial charge on any atom is 0.125 e. The third kappa shape index (κ3) is 1.77. The lowest BCUT2D eigenvalue weighted by Gasteiger charge is -2.14. The van der Waals surface area contributed by atoms with Crippen molar-refractivity contribution in [2.24, 2.45) is 5.18 Å². The van der Waals surface area contributed by atoms with E-state index in [1.165, 1.54) is 12.1 Å². The molecule has 0 unspecified atom stereocenters. The molecule has 0 aliphatic rings. The molecule has 0 heterocycles. The first kappa shape index (κ1) is 13.1. The van der Waals surface area contributed by atoms with E-state index in [2.05, 4.69) is 5.18 Å². The Morgan fingerprint density at radius 1 is 1.05 bits per heavy atom. The molecule has 0 bridgehead atoms. The fraction of sp³-hybridized carbons (Fsp3) is 0.0667. The quantitative estimate of drug-likeness (QED) is 0.324. The van der Waals surface area contributed by atoms with Gasteiger partial charge in [-0.2, -0.15) is 0 Å². The highest BCUT2D eigenvalue weighted by Gasteiger charge is 2.19. The van der Waals surface area contributed by atoms with Crippen LogP contribution >= 0.6 is 0 Å². The van der Waals surface area contributed by atoms with Crippen molar-refractivity contribution in [3.8, 4) is 11.5 Å². The molecule has 0 spiro atoms. The number of anilines is 1. The summed E-state index contributed by atoms with van der Waals surface area (Å²) in [6.07, 6.45) is 0. The summed E-state index contributed by atoms with van der Waals surface area (Å²) in [5, 5.41) is 33.9. The summed E-state index contributed by atoms with van der Waals surface area (Å²) in [4.78, 5) is 11.3. The van der Waals surface area contributed by atoms with Crippen molar-refractivity contribution in [1.82, 2.24) is 0 Å². The SMILES string of the molecule is Cc1cc(O)c2c(NO)c3c(O)cccc3c(N=O)c2c1. The standard InChI is InChI=1S/C15H12N2O4/c1-7-5-9-13(11(19)6-7)15(17-21)12-8(14(9)16-20)3-2-4-10(12)18/h2-6,17-19,21H,1H3. The number of rotatable bonds is 2. The molecule has 3 rings (SSSR count). The fourth-order valence-electron chi connectivity index (χ4n) is 2.70. The van der Waals surface area contributed by atoms with Gasteiger partial charge in [-0.1, -0.05) is 12.1 Å². The zero-order valence-corrected chi connectivity index (χ0v) is 11.1. The Kier molecular flexibility index (Phi) is 2.88. The minimum absolute atomic E-state index is 0.105. The lowest BCUT2D eigenvalue weighted by atomic mass is 9.96. The van der Waals surface area contributed by atoms with Crippen molar-refractivity contribution >= 4 is 32.9 Å². The second-order valence-electron chi connectivity index (χ2n) is 4.83. The third-order valence-electron chi connectivity index (χ3n) is 3.52. The molecule has 0 saturated carbocycles. The number of hydrogen-bond acceptors (Lipinski definition) is 6. The van der Waals surface area contributed by atoms with Crippen LogP contribution in [0.15, 0.2) is 35.5 Å². The average molecular weight is 284 g/mol. The van der Waals surface area contributed by atoms with Gasteiger partial charge in [-0.3, -0.25) is 10.7 Å². The molecule has 0 saturated heterocycles. The van der Waals surface area contributed by atoms with Crippen molar-refractivity contribution in [1.29, 1.82) is 0 Å². The number of phenols is 2. The van der Waals surface area contributed by atoms with E-state index in [-0.39, 0.29) is 33.6 Å². The van der Waals surface area contributed by atoms with Gasteiger partial charge in [-0.25, -0.2) is 0 Å². The maximum absolute atomic E-state index is 11.3. The molecule has 4 N–H and O–H groups in total. The molecule has 3 aromatic carbocycles. The maximum atomic E-state index is 11.3. The molecule has 0 aliphatic carbocycles. The Morgan fingerprint density at radius 2 is 1.76 bits per heavy atom. The molecular weight excluding hydrogens is 272 g/mol. The number of hydrogen-bond donors (Lipinski definition) is 4. The van der Waals surface area contributed by atoms with Gasteiger partial charge in [0.25, 0.3) is 0 Å². The van der Waals surface area contributed by atoms with Gasteiger partial charge in [-0.05, 0) is 35.9 Å². The van der Waals surface area contributed by atoms with Gasteiger partial charge in [0.2, 0.25) is 0 Å². The van der Waals surface area contributed by atoms with Gasteiger partial charge in [0.1, 0.15) is 17.2 Å². The Morgan fingerprint density at radius 3 is 2.43 bits per heavy atom. The van der Waals surface area contributed by atoms with Crippen LogP contribution < -0.4 is 5.48 Å². The summed E-state index contributed by atoms with van der Waals surface area (Å²) in [5.74, 6) is -0.243. The van der Waals surface area contributed by atoms with E-state index in [1.54, 1.807) is 25.1 Å². The first-order chi connectivity index (χ1) is 10.1. The number of phenolic OH excluding ortho intramolecular Hbond substituents is 2. The first-order valence-electron chi connectivity index (χ1n) is 6.23. The number of fused-ring (bicyclic) bond motifs is 2. The van der Waals surface area contributed by atoms with Gasteiger partial charge in [0, 0.05) is 10.8 Å². The topological polar surface area (TPSA) is 102 Å². The molecule has 6 heteroatoms. The van der Waals surface area contributed by atoms with Gasteiger partial charge in [-0.15, -0.1) is 4.91 Å². The highest BCUT2D eigenvalue weighted by atomic mass is 16.5. The first-order valence-corrected chi connectivity index (χ1v) is 6.23. The summed E-state index contributed by atoms with van der Waals surface area (Å²) >= 11 is 0. The number of nitrogens with zero attached hydrogens (tertiary/aromatic N) is 1. The Hall–Kier alpha value is -2.86. The van der Waals surface area contributed by atoms with Crippen LogP contribution in [-0.2, 0) is 0 Å². The van der Waals surface area contributed by atoms with E-state index in [0.717, 1.165) is 5.56 Å². The smallest absolute Gasteiger partial charge is 0.125 e. The summed E-state index contributed by atoms with van der Waals surface area (Å²) in [5.41, 5.74) is 2.98. The van der Waals surface area contributed by atoms with Crippen molar-refractivity contribution in [3.63, 3.8) is 0 Å². The molecule has 106 valence electrons. The molecule has 0 atom stereocenters. The normalized spacial score (nSPS) is 11.0. The van der Waals surface area contributed by atoms with Crippen molar-refractivity contribution in [3.05, 3.63) is 40.8 Å². The summed E-state index contributed by atoms with van der Waals surface area (Å²) < 4.78 is 0. The second-order valence-corrected chi connectivity index (χ2v) is 4.83. The van der Waals surface area contributed by atoms with Crippen molar-refractivity contribution in [2.45, 2.75) is 6.92 Å². The summed E-state index contributed by atoms with van der Waals surface area (Å²) in [6, 6.07) is 7.81. The zero-order valence-electron chi connectivity index (χ0n) is 11.1. The van der Waals surface area contributed by atoms with Crippen LogP contribution in [0, 0.1) is 11.8 Å². The molecule has 3 aromatic rings. The number of nitrogens with one attached hydrogen (secondary N) is 1. The van der Waals surface area contributed by atoms with E-state index in [0.29, 0.717) is 10.8 Å². The monoisotopic (exact) mass is 284 g/mol. The number of benzene rings is 3. The second kappa shape index (κ2) is 4.60. The van der Waals surface area contributed by atoms with Crippen LogP contribution in [-0.4, -0.2) is 15.4 Å². The van der Waals surface area contributed by atoms with Crippen molar-refractivity contribution < 1.29 is 15.4 Å². The molecule has 0 fully saturated rings. The van der Waals surface area contributed by atoms with Crippen LogP contribution in [0.1, 0.15) is 5.56 Å². The zero-order chi connectivity index (χ0) is 15.1. The lowest BCUT2D eigenvalue weighted by Crippen LogP contribution is -1.94. The van der Waals surface area contributed by atoms with Gasteiger partial charge in [0.15, 0.2) is 0 Å². The molecule has 0 radical (unpaired) electrons. The van der Waals surface area contributed by atoms with Crippen LogP contribution in [0.3, 0.4) is 0 Å². The minimum atomic E-state index is -0.129. The number of aromatic hydroxyl groups is 2. The lowest BCUT2D eigenvalue weighted by molar-refractivity contribution is 0.389. The Labute approximate surface area is 119 Å². The number of aryl methyl sites for hydroxylation is 1. The van der Waals surface area contributed by atoms with E-state index in [4.69, 9.17) is 0 Å². The third-order valence-corrected chi connectivity index (χ3v) is 3.52. The highest BCUT2D eigenvalue weighted by Crippen LogP contribution is 2.47. The average Bonchev–Trinajstić information content (AvgIpc) is 2.45. The van der Waals surface area contributed by atoms with Gasteiger partial charge < -0.3 is 10.2 Å². The molecule has 0 amide bonds. The van der Waals surface area contributed by atoms with Gasteiger partial charge >= 0.3 is 0 Å². The summed E-state index contributed by atoms with van der Waals surface area (Å²) in [6.45, 7) is 1.77. The van der Waals surface area contributed by atoms with E-state index >= 15 is 0 Å². The van der Waals surface area contributed by atoms with Crippen LogP contribution in [0.4, 0.5) is 11.4 Å². The number of nitroso groups, excluding NO2 is 1. The van der Waals surface area contributed by atoms with E-state index in [9.17, 15) is 20.3 Å². The van der Waals surface area contributed by atoms with Crippen LogP contribution in [0.5, 0.6) is 11.5 Å². The van der Waals surface area contributed by atoms with E-state index in [1.807, 2.05) is 5.48 Å². The molecule has 21 heavy (non-hydrogen) atoms. The molecule has 6 nitrogen and oxygen atoms in total. The van der Waals surface area contributed by atoms with E-state index < -0.39 is 0 Å². The van der Waals surface area contributed by atoms with Crippen LogP contribution in [0.2, 0.25) is 0 Å². The minimum Gasteiger partial charge on any atom is -0.507 e. The summed E-state index contributed by atoms with van der Waals surface area (Å²) in [7, 11) is 0. The molecule has 0 aromatic heterocycles. The van der Waals surface area contributed by atoms with Crippen LogP contribution in [0.25, 0.3) is 21.5 Å². The molecular formula is C15H12N2O4. The largest absolute Gasteiger partial charge is 0.507 e. The van der Waals surface area contributed by atoms with Crippen molar-refractivity contribution in [2.75, 3.05) is 5.48 Å². The Balaban J connectivity index is 2.73. The molecule has 0 aliphatic heterocycles. The fourth-order valence-corrected chi connectivity index (χ4v) is 2.70. The Bertz CT molecular complexity index is 890. The predicted molar refractivity (Wildman–Crippen MR) is 80.4 cm³/mol.